The van der Waals surface area contributed by atoms with E-state index in [1.54, 1.807) is 0 Å². The molecule has 3 heterocycles. The van der Waals surface area contributed by atoms with E-state index in [0.717, 1.165) is 38.4 Å². The molecule has 0 N–H and O–H groups in total. The van der Waals surface area contributed by atoms with Gasteiger partial charge in [0.2, 0.25) is 0 Å². The van der Waals surface area contributed by atoms with E-state index in [0.29, 0.717) is 18.8 Å². The molecule has 6 heteroatoms. The van der Waals surface area contributed by atoms with Gasteiger partial charge in [-0.05, 0) is 41.8 Å². The Kier molecular flexibility index (Phi) is 5.05. The second-order valence-corrected chi connectivity index (χ2v) is 7.83. The van der Waals surface area contributed by atoms with Crippen LogP contribution < -0.4 is 9.80 Å². The van der Waals surface area contributed by atoms with Crippen LogP contribution in [-0.2, 0) is 13.0 Å². The van der Waals surface area contributed by atoms with Crippen molar-refractivity contribution in [1.82, 2.24) is 15.1 Å². The van der Waals surface area contributed by atoms with Crippen LogP contribution in [0.25, 0.3) is 0 Å². The minimum atomic E-state index is -0.0363. The summed E-state index contributed by atoms with van der Waals surface area (Å²) in [4.78, 5) is 19.3. The Hall–Kier alpha value is -3.41. The first-order valence-electron chi connectivity index (χ1n) is 10.5. The van der Waals surface area contributed by atoms with Crippen molar-refractivity contribution in [2.75, 3.05) is 42.5 Å². The summed E-state index contributed by atoms with van der Waals surface area (Å²) in [7, 11) is 0. The van der Waals surface area contributed by atoms with Gasteiger partial charge in [0.25, 0.3) is 5.91 Å². The van der Waals surface area contributed by atoms with E-state index in [9.17, 15) is 4.79 Å². The van der Waals surface area contributed by atoms with E-state index in [1.807, 2.05) is 35.2 Å². The van der Waals surface area contributed by atoms with Gasteiger partial charge in [-0.25, -0.2) is 0 Å². The Morgan fingerprint density at radius 2 is 1.43 bits per heavy atom. The van der Waals surface area contributed by atoms with Crippen molar-refractivity contribution in [3.8, 4) is 0 Å². The highest BCUT2D eigenvalue weighted by atomic mass is 16.2. The molecule has 2 aromatic carbocycles. The molecular weight excluding hydrogens is 374 g/mol. The van der Waals surface area contributed by atoms with Crippen LogP contribution in [0.5, 0.6) is 0 Å². The molecule has 0 radical (unpaired) electrons. The average Bonchev–Trinajstić information content (AvgIpc) is 2.84. The molecule has 1 fully saturated rings. The van der Waals surface area contributed by atoms with E-state index in [1.165, 1.54) is 16.8 Å². The van der Waals surface area contributed by atoms with Crippen molar-refractivity contribution in [2.24, 2.45) is 0 Å². The summed E-state index contributed by atoms with van der Waals surface area (Å²) in [5.41, 5.74) is 4.37. The zero-order valence-electron chi connectivity index (χ0n) is 16.9. The lowest BCUT2D eigenvalue weighted by Crippen LogP contribution is -2.49. The Balaban J connectivity index is 1.21. The fraction of sp³-hybridized carbons (Fsp3) is 0.292. The largest absolute Gasteiger partial charge is 0.368 e. The third-order valence-electron chi connectivity index (χ3n) is 6.01. The number of amides is 1. The molecule has 0 bridgehead atoms. The molecule has 1 amide bonds. The lowest BCUT2D eigenvalue weighted by atomic mass is 10.00. The van der Waals surface area contributed by atoms with Crippen LogP contribution in [0.3, 0.4) is 0 Å². The molecule has 30 heavy (non-hydrogen) atoms. The summed E-state index contributed by atoms with van der Waals surface area (Å²) in [5, 5.41) is 8.64. The summed E-state index contributed by atoms with van der Waals surface area (Å²) in [6.45, 7) is 4.79. The van der Waals surface area contributed by atoms with Crippen LogP contribution in [-0.4, -0.2) is 53.7 Å². The van der Waals surface area contributed by atoms with E-state index in [2.05, 4.69) is 56.4 Å². The number of rotatable bonds is 3. The Morgan fingerprint density at radius 3 is 2.17 bits per heavy atom. The Bertz CT molecular complexity index is 1010. The molecule has 1 saturated heterocycles. The van der Waals surface area contributed by atoms with Crippen LogP contribution in [0.1, 0.15) is 21.6 Å². The van der Waals surface area contributed by atoms with Crippen LogP contribution >= 0.6 is 0 Å². The normalized spacial score (nSPS) is 16.3. The van der Waals surface area contributed by atoms with Crippen molar-refractivity contribution in [3.63, 3.8) is 0 Å². The first-order valence-corrected chi connectivity index (χ1v) is 10.5. The van der Waals surface area contributed by atoms with Gasteiger partial charge in [0.1, 0.15) is 0 Å². The first kappa shape index (κ1) is 18.6. The summed E-state index contributed by atoms with van der Waals surface area (Å²) in [5.74, 6) is 0.792. The van der Waals surface area contributed by atoms with Gasteiger partial charge in [0.05, 0.1) is 0 Å². The number of nitrogens with zero attached hydrogens (tertiary/aromatic N) is 5. The number of anilines is 2. The number of benzene rings is 2. The lowest BCUT2D eigenvalue weighted by Gasteiger charge is -2.36. The summed E-state index contributed by atoms with van der Waals surface area (Å²) < 4.78 is 0. The number of carbonyl (C=O) groups excluding carboxylic acids is 1. The van der Waals surface area contributed by atoms with E-state index in [-0.39, 0.29) is 5.91 Å². The molecule has 0 spiro atoms. The first-order chi connectivity index (χ1) is 14.8. The number of fused-ring (bicyclic) bond motifs is 1. The fourth-order valence-corrected chi connectivity index (χ4v) is 4.27. The van der Waals surface area contributed by atoms with Gasteiger partial charge in [-0.3, -0.25) is 4.79 Å². The van der Waals surface area contributed by atoms with Crippen LogP contribution in [0.2, 0.25) is 0 Å². The lowest BCUT2D eigenvalue weighted by molar-refractivity contribution is 0.0739. The SMILES string of the molecule is O=C(c1ccc(N2CCc3ccccc3C2)nn1)N1CCN(c2ccccc2)CC1. The molecule has 0 unspecified atom stereocenters. The molecule has 0 aliphatic carbocycles. The summed E-state index contributed by atoms with van der Waals surface area (Å²) in [6, 6.07) is 22.6. The molecule has 6 nitrogen and oxygen atoms in total. The van der Waals surface area contributed by atoms with Crippen molar-refractivity contribution < 1.29 is 4.79 Å². The topological polar surface area (TPSA) is 52.6 Å². The highest BCUT2D eigenvalue weighted by molar-refractivity contribution is 5.92. The van der Waals surface area contributed by atoms with E-state index in [4.69, 9.17) is 0 Å². The molecule has 0 atom stereocenters. The summed E-state index contributed by atoms with van der Waals surface area (Å²) >= 11 is 0. The number of carbonyl (C=O) groups is 1. The number of hydrogen-bond acceptors (Lipinski definition) is 5. The second kappa shape index (κ2) is 8.14. The molecule has 1 aromatic heterocycles. The fourth-order valence-electron chi connectivity index (χ4n) is 4.27. The van der Waals surface area contributed by atoms with Crippen molar-refractivity contribution in [2.45, 2.75) is 13.0 Å². The maximum absolute atomic E-state index is 12.9. The maximum Gasteiger partial charge on any atom is 0.274 e. The number of para-hydroxylation sites is 1. The minimum Gasteiger partial charge on any atom is -0.368 e. The van der Waals surface area contributed by atoms with Gasteiger partial charge in [-0.15, -0.1) is 10.2 Å². The second-order valence-electron chi connectivity index (χ2n) is 7.83. The highest BCUT2D eigenvalue weighted by Gasteiger charge is 2.24. The molecule has 2 aliphatic rings. The van der Waals surface area contributed by atoms with Gasteiger partial charge < -0.3 is 14.7 Å². The van der Waals surface area contributed by atoms with Crippen molar-refractivity contribution >= 4 is 17.4 Å². The minimum absolute atomic E-state index is 0.0363. The average molecular weight is 399 g/mol. The predicted molar refractivity (Wildman–Crippen MR) is 118 cm³/mol. The zero-order valence-corrected chi connectivity index (χ0v) is 16.9. The third-order valence-corrected chi connectivity index (χ3v) is 6.01. The van der Waals surface area contributed by atoms with E-state index < -0.39 is 0 Å². The number of aromatic nitrogens is 2. The van der Waals surface area contributed by atoms with Gasteiger partial charge in [0.15, 0.2) is 11.5 Å². The monoisotopic (exact) mass is 399 g/mol. The van der Waals surface area contributed by atoms with Gasteiger partial charge in [-0.2, -0.15) is 0 Å². The maximum atomic E-state index is 12.9. The molecule has 0 saturated carbocycles. The number of hydrogen-bond donors (Lipinski definition) is 0. The Labute approximate surface area is 176 Å². The molecule has 2 aliphatic heterocycles. The van der Waals surface area contributed by atoms with Gasteiger partial charge in [0, 0.05) is 45.0 Å². The predicted octanol–water partition coefficient (Wildman–Crippen LogP) is 3.00. The quantitative estimate of drug-likeness (QED) is 0.678. The van der Waals surface area contributed by atoms with Crippen LogP contribution in [0, 0.1) is 0 Å². The van der Waals surface area contributed by atoms with Crippen LogP contribution in [0.4, 0.5) is 11.5 Å². The highest BCUT2D eigenvalue weighted by Crippen LogP contribution is 2.23. The third kappa shape index (κ3) is 3.73. The molecule has 152 valence electrons. The van der Waals surface area contributed by atoms with Crippen LogP contribution in [0.15, 0.2) is 66.7 Å². The smallest absolute Gasteiger partial charge is 0.274 e. The standard InChI is InChI=1S/C24H25N5O/c30-24(28-16-14-27(15-17-28)21-8-2-1-3-9-21)22-10-11-23(26-25-22)29-13-12-19-6-4-5-7-20(19)18-29/h1-11H,12-18H2. The van der Waals surface area contributed by atoms with Gasteiger partial charge >= 0.3 is 0 Å². The van der Waals surface area contributed by atoms with E-state index >= 15 is 0 Å². The number of piperazine rings is 1. The summed E-state index contributed by atoms with van der Waals surface area (Å²) in [6.07, 6.45) is 1.00. The molecule has 3 aromatic rings. The Morgan fingerprint density at radius 1 is 0.700 bits per heavy atom. The van der Waals surface area contributed by atoms with Crippen molar-refractivity contribution in [1.29, 1.82) is 0 Å². The van der Waals surface area contributed by atoms with Gasteiger partial charge in [-0.1, -0.05) is 42.5 Å². The molecular formula is C24H25N5O. The zero-order chi connectivity index (χ0) is 20.3. The van der Waals surface area contributed by atoms with Crippen molar-refractivity contribution in [3.05, 3.63) is 83.6 Å². The molecule has 5 rings (SSSR count).